The Hall–Kier alpha value is -3.16. The number of hydrogen-bond donors (Lipinski definition) is 1. The standard InChI is InChI=1S/C19H21N7O3/c1-25-9-16(18(24-25)29-15-10-28-11-15)22-19-21-8-12-6-14(7-20)26(17(12)23-19)13-2-4-27-5-3-13/h6,8-9,13,15H,2-5,10-11H2,1H3,(H,21,22,23). The zero-order chi connectivity index (χ0) is 19.8. The Kier molecular flexibility index (Phi) is 4.54. The van der Waals surface area contributed by atoms with Gasteiger partial charge < -0.3 is 24.1 Å². The van der Waals surface area contributed by atoms with Gasteiger partial charge in [-0.15, -0.1) is 5.10 Å². The molecule has 0 unspecified atom stereocenters. The van der Waals surface area contributed by atoms with Crippen LogP contribution in [0.1, 0.15) is 24.6 Å². The van der Waals surface area contributed by atoms with E-state index in [2.05, 4.69) is 21.5 Å². The third-order valence-electron chi connectivity index (χ3n) is 5.17. The zero-order valence-corrected chi connectivity index (χ0v) is 16.0. The van der Waals surface area contributed by atoms with Crippen molar-refractivity contribution in [2.75, 3.05) is 31.7 Å². The molecule has 0 spiro atoms. The quantitative estimate of drug-likeness (QED) is 0.697. The molecule has 0 saturated carbocycles. The topological polar surface area (TPSA) is 112 Å². The summed E-state index contributed by atoms with van der Waals surface area (Å²) in [4.78, 5) is 9.12. The van der Waals surface area contributed by atoms with Crippen LogP contribution in [0.25, 0.3) is 11.0 Å². The fourth-order valence-corrected chi connectivity index (χ4v) is 3.67. The Balaban J connectivity index is 1.48. The number of fused-ring (bicyclic) bond motifs is 1. The second-order valence-electron chi connectivity index (χ2n) is 7.25. The summed E-state index contributed by atoms with van der Waals surface area (Å²) in [6.45, 7) is 2.50. The van der Waals surface area contributed by atoms with Crippen molar-refractivity contribution in [2.24, 2.45) is 7.05 Å². The Bertz CT molecular complexity index is 1070. The third-order valence-corrected chi connectivity index (χ3v) is 5.17. The van der Waals surface area contributed by atoms with Gasteiger partial charge in [0.15, 0.2) is 0 Å². The Morgan fingerprint density at radius 3 is 2.83 bits per heavy atom. The molecule has 3 aromatic rings. The lowest BCUT2D eigenvalue weighted by molar-refractivity contribution is -0.0812. The second-order valence-corrected chi connectivity index (χ2v) is 7.25. The van der Waals surface area contributed by atoms with Gasteiger partial charge in [0, 0.05) is 37.9 Å². The van der Waals surface area contributed by atoms with Crippen LogP contribution in [0.15, 0.2) is 18.5 Å². The number of nitrogens with zero attached hydrogens (tertiary/aromatic N) is 6. The van der Waals surface area contributed by atoms with Crippen molar-refractivity contribution in [1.82, 2.24) is 24.3 Å². The van der Waals surface area contributed by atoms with Gasteiger partial charge in [-0.3, -0.25) is 4.68 Å². The highest BCUT2D eigenvalue weighted by atomic mass is 16.6. The Morgan fingerprint density at radius 1 is 1.28 bits per heavy atom. The molecule has 1 N–H and O–H groups in total. The van der Waals surface area contributed by atoms with Crippen molar-refractivity contribution in [2.45, 2.75) is 25.0 Å². The summed E-state index contributed by atoms with van der Waals surface area (Å²) < 4.78 is 20.2. The van der Waals surface area contributed by atoms with Crippen molar-refractivity contribution < 1.29 is 14.2 Å². The molecule has 10 heteroatoms. The summed E-state index contributed by atoms with van der Waals surface area (Å²) in [5.41, 5.74) is 2.02. The molecule has 0 aromatic carbocycles. The van der Waals surface area contributed by atoms with Crippen LogP contribution in [0.5, 0.6) is 5.88 Å². The predicted molar refractivity (Wildman–Crippen MR) is 103 cm³/mol. The average Bonchev–Trinajstić information content (AvgIpc) is 3.24. The van der Waals surface area contributed by atoms with E-state index in [4.69, 9.17) is 19.2 Å². The first-order chi connectivity index (χ1) is 14.2. The molecule has 2 fully saturated rings. The highest BCUT2D eigenvalue weighted by molar-refractivity contribution is 5.79. The van der Waals surface area contributed by atoms with Gasteiger partial charge in [0.05, 0.1) is 19.4 Å². The van der Waals surface area contributed by atoms with E-state index in [0.29, 0.717) is 49.6 Å². The molecule has 29 heavy (non-hydrogen) atoms. The highest BCUT2D eigenvalue weighted by Crippen LogP contribution is 2.31. The van der Waals surface area contributed by atoms with Crippen molar-refractivity contribution in [3.63, 3.8) is 0 Å². The Morgan fingerprint density at radius 2 is 2.10 bits per heavy atom. The minimum Gasteiger partial charge on any atom is -0.467 e. The maximum atomic E-state index is 9.60. The number of rotatable bonds is 5. The number of nitrogens with one attached hydrogen (secondary N) is 1. The summed E-state index contributed by atoms with van der Waals surface area (Å²) in [7, 11) is 1.83. The number of anilines is 2. The minimum absolute atomic E-state index is 0.0118. The van der Waals surface area contributed by atoms with Crippen LogP contribution >= 0.6 is 0 Å². The maximum absolute atomic E-state index is 9.60. The van der Waals surface area contributed by atoms with Gasteiger partial charge in [-0.25, -0.2) is 4.98 Å². The van der Waals surface area contributed by atoms with E-state index in [9.17, 15) is 5.26 Å². The van der Waals surface area contributed by atoms with E-state index >= 15 is 0 Å². The van der Waals surface area contributed by atoms with E-state index in [1.807, 2.05) is 23.9 Å². The fourth-order valence-electron chi connectivity index (χ4n) is 3.67. The molecule has 0 radical (unpaired) electrons. The molecule has 2 aliphatic rings. The zero-order valence-electron chi connectivity index (χ0n) is 16.0. The molecule has 2 saturated heterocycles. The molecule has 2 aliphatic heterocycles. The van der Waals surface area contributed by atoms with Crippen molar-refractivity contribution in [3.8, 4) is 11.9 Å². The molecule has 3 aromatic heterocycles. The Labute approximate surface area is 167 Å². The van der Waals surface area contributed by atoms with E-state index in [-0.39, 0.29) is 12.1 Å². The van der Waals surface area contributed by atoms with E-state index in [1.54, 1.807) is 10.9 Å². The van der Waals surface area contributed by atoms with Gasteiger partial charge in [-0.2, -0.15) is 10.2 Å². The van der Waals surface area contributed by atoms with Crippen LogP contribution in [0.2, 0.25) is 0 Å². The van der Waals surface area contributed by atoms with Crippen molar-refractivity contribution in [1.29, 1.82) is 5.26 Å². The molecular formula is C19H21N7O3. The number of aromatic nitrogens is 5. The normalized spacial score (nSPS) is 17.8. The summed E-state index contributed by atoms with van der Waals surface area (Å²) >= 11 is 0. The minimum atomic E-state index is 0.0118. The lowest BCUT2D eigenvalue weighted by atomic mass is 10.1. The molecule has 5 heterocycles. The highest BCUT2D eigenvalue weighted by Gasteiger charge is 2.24. The molecule has 150 valence electrons. The first-order valence-corrected chi connectivity index (χ1v) is 9.62. The lowest BCUT2D eigenvalue weighted by Gasteiger charge is -2.26. The third kappa shape index (κ3) is 3.39. The summed E-state index contributed by atoms with van der Waals surface area (Å²) in [6, 6.07) is 4.31. The van der Waals surface area contributed by atoms with Crippen molar-refractivity contribution >= 4 is 22.7 Å². The van der Waals surface area contributed by atoms with Crippen LogP contribution in [0, 0.1) is 11.3 Å². The number of ether oxygens (including phenoxy) is 3. The molecule has 0 amide bonds. The largest absolute Gasteiger partial charge is 0.467 e. The van der Waals surface area contributed by atoms with Gasteiger partial charge in [0.25, 0.3) is 5.88 Å². The second kappa shape index (κ2) is 7.35. The SMILES string of the molecule is Cn1cc(Nc2ncc3cc(C#N)n(C4CCOCC4)c3n2)c(OC2COC2)n1. The van der Waals surface area contributed by atoms with E-state index in [0.717, 1.165) is 23.9 Å². The molecule has 10 nitrogen and oxygen atoms in total. The van der Waals surface area contributed by atoms with Gasteiger partial charge in [-0.1, -0.05) is 0 Å². The predicted octanol–water partition coefficient (Wildman–Crippen LogP) is 1.91. The number of hydrogen-bond acceptors (Lipinski definition) is 8. The smallest absolute Gasteiger partial charge is 0.257 e. The fraction of sp³-hybridized carbons (Fsp3) is 0.474. The molecule has 0 aliphatic carbocycles. The molecular weight excluding hydrogens is 374 g/mol. The first kappa shape index (κ1) is 17.9. The summed E-state index contributed by atoms with van der Waals surface area (Å²) in [5.74, 6) is 0.915. The van der Waals surface area contributed by atoms with Gasteiger partial charge in [0.1, 0.15) is 29.2 Å². The van der Waals surface area contributed by atoms with Crippen LogP contribution in [-0.2, 0) is 16.5 Å². The lowest BCUT2D eigenvalue weighted by Crippen LogP contribution is -2.38. The summed E-state index contributed by atoms with van der Waals surface area (Å²) in [6.07, 6.45) is 5.28. The van der Waals surface area contributed by atoms with Crippen LogP contribution in [0.3, 0.4) is 0 Å². The van der Waals surface area contributed by atoms with Crippen molar-refractivity contribution in [3.05, 3.63) is 24.2 Å². The van der Waals surface area contributed by atoms with Gasteiger partial charge in [0.2, 0.25) is 5.95 Å². The van der Waals surface area contributed by atoms with E-state index in [1.165, 1.54) is 0 Å². The monoisotopic (exact) mass is 395 g/mol. The summed E-state index contributed by atoms with van der Waals surface area (Å²) in [5, 5.41) is 18.0. The number of aryl methyl sites for hydroxylation is 1. The number of nitriles is 1. The van der Waals surface area contributed by atoms with Crippen LogP contribution < -0.4 is 10.1 Å². The molecule has 0 atom stereocenters. The van der Waals surface area contributed by atoms with E-state index < -0.39 is 0 Å². The first-order valence-electron chi connectivity index (χ1n) is 9.62. The molecule has 0 bridgehead atoms. The average molecular weight is 395 g/mol. The van der Waals surface area contributed by atoms with Gasteiger partial charge in [-0.05, 0) is 18.9 Å². The van der Waals surface area contributed by atoms with Crippen LogP contribution in [-0.4, -0.2) is 56.8 Å². The molecule has 5 rings (SSSR count). The van der Waals surface area contributed by atoms with Crippen LogP contribution in [0.4, 0.5) is 11.6 Å². The van der Waals surface area contributed by atoms with Gasteiger partial charge >= 0.3 is 0 Å². The maximum Gasteiger partial charge on any atom is 0.257 e.